The molecule has 1 fully saturated rings. The van der Waals surface area contributed by atoms with Gasteiger partial charge in [-0.1, -0.05) is 37.3 Å². The first kappa shape index (κ1) is 23.5. The highest BCUT2D eigenvalue weighted by Gasteiger charge is 2.21. The molecule has 1 aliphatic rings. The van der Waals surface area contributed by atoms with Crippen molar-refractivity contribution < 1.29 is 4.74 Å². The van der Waals surface area contributed by atoms with E-state index in [1.165, 1.54) is 17.1 Å². The maximum absolute atomic E-state index is 5.78. The first-order chi connectivity index (χ1) is 15.3. The molecule has 0 atom stereocenters. The Hall–Kier alpha value is -2.19. The van der Waals surface area contributed by atoms with Crippen molar-refractivity contribution in [2.75, 3.05) is 57.4 Å². The molecule has 1 N–H and O–H groups in total. The van der Waals surface area contributed by atoms with Gasteiger partial charge in [0.1, 0.15) is 5.82 Å². The molecule has 0 spiro atoms. The maximum atomic E-state index is 5.78. The van der Waals surface area contributed by atoms with Crippen LogP contribution in [0.3, 0.4) is 0 Å². The highest BCUT2D eigenvalue weighted by atomic mass is 32.1. The van der Waals surface area contributed by atoms with Gasteiger partial charge in [-0.3, -0.25) is 4.99 Å². The third-order valence-corrected chi connectivity index (χ3v) is 6.11. The molecule has 1 aliphatic heterocycles. The molecule has 0 unspecified atom stereocenters. The summed E-state index contributed by atoms with van der Waals surface area (Å²) >= 11 is 1.51. The molecule has 0 radical (unpaired) electrons. The fraction of sp³-hybridized carbons (Fsp3) is 0.609. The summed E-state index contributed by atoms with van der Waals surface area (Å²) in [6, 6.07) is 10.5. The van der Waals surface area contributed by atoms with E-state index in [0.29, 0.717) is 0 Å². The highest BCUT2D eigenvalue weighted by molar-refractivity contribution is 7.09. The molecule has 31 heavy (non-hydrogen) atoms. The lowest BCUT2D eigenvalue weighted by atomic mass is 10.2. The van der Waals surface area contributed by atoms with Crippen LogP contribution in [0.2, 0.25) is 0 Å². The summed E-state index contributed by atoms with van der Waals surface area (Å²) in [6.45, 7) is 11.4. The number of ether oxygens (including phenoxy) is 1. The minimum Gasteiger partial charge on any atom is -0.381 e. The Bertz CT molecular complexity index is 773. The Morgan fingerprint density at radius 2 is 1.90 bits per heavy atom. The molecule has 8 heteroatoms. The second-order valence-electron chi connectivity index (χ2n) is 7.61. The predicted octanol–water partition coefficient (Wildman–Crippen LogP) is 3.23. The zero-order chi connectivity index (χ0) is 21.7. The molecule has 3 rings (SSSR count). The second-order valence-corrected chi connectivity index (χ2v) is 8.34. The van der Waals surface area contributed by atoms with Gasteiger partial charge in [0.05, 0.1) is 6.61 Å². The van der Waals surface area contributed by atoms with Crippen molar-refractivity contribution in [3.8, 4) is 0 Å². The van der Waals surface area contributed by atoms with Crippen LogP contribution < -0.4 is 10.2 Å². The van der Waals surface area contributed by atoms with E-state index >= 15 is 0 Å². The molecule has 7 nitrogen and oxygen atoms in total. The molecule has 2 aromatic rings. The maximum Gasteiger partial charge on any atom is 0.205 e. The van der Waals surface area contributed by atoms with Crippen molar-refractivity contribution in [2.45, 2.75) is 39.5 Å². The summed E-state index contributed by atoms with van der Waals surface area (Å²) in [4.78, 5) is 14.2. The van der Waals surface area contributed by atoms with Gasteiger partial charge < -0.3 is 19.9 Å². The molecule has 2 heterocycles. The van der Waals surface area contributed by atoms with Gasteiger partial charge in [-0.15, -0.1) is 0 Å². The summed E-state index contributed by atoms with van der Waals surface area (Å²) in [7, 11) is 0. The smallest absolute Gasteiger partial charge is 0.205 e. The predicted molar refractivity (Wildman–Crippen MR) is 129 cm³/mol. The first-order valence-corrected chi connectivity index (χ1v) is 12.3. The van der Waals surface area contributed by atoms with E-state index in [1.54, 1.807) is 0 Å². The fourth-order valence-electron chi connectivity index (χ4n) is 3.49. The largest absolute Gasteiger partial charge is 0.381 e. The number of nitrogens with zero attached hydrogens (tertiary/aromatic N) is 5. The van der Waals surface area contributed by atoms with E-state index in [9.17, 15) is 0 Å². The number of hydrogen-bond acceptors (Lipinski definition) is 6. The number of guanidine groups is 1. The van der Waals surface area contributed by atoms with E-state index in [1.807, 2.05) is 6.07 Å². The Morgan fingerprint density at radius 1 is 1.10 bits per heavy atom. The molecule has 0 amide bonds. The zero-order valence-electron chi connectivity index (χ0n) is 18.9. The number of nitrogens with one attached hydrogen (secondary N) is 1. The summed E-state index contributed by atoms with van der Waals surface area (Å²) < 4.78 is 10.2. The van der Waals surface area contributed by atoms with Crippen LogP contribution in [-0.4, -0.2) is 72.7 Å². The van der Waals surface area contributed by atoms with Crippen molar-refractivity contribution in [3.05, 3.63) is 41.7 Å². The summed E-state index contributed by atoms with van der Waals surface area (Å²) in [5.41, 5.74) is 1.33. The molecule has 1 saturated heterocycles. The molecule has 170 valence electrons. The third kappa shape index (κ3) is 7.78. The quantitative estimate of drug-likeness (QED) is 0.326. The number of rotatable bonds is 11. The van der Waals surface area contributed by atoms with Crippen molar-refractivity contribution in [1.29, 1.82) is 0 Å². The normalized spacial score (nSPS) is 14.8. The Labute approximate surface area is 190 Å². The number of aromatic nitrogens is 2. The minimum absolute atomic E-state index is 0.786. The van der Waals surface area contributed by atoms with Crippen LogP contribution >= 0.6 is 11.5 Å². The van der Waals surface area contributed by atoms with E-state index < -0.39 is 0 Å². The lowest BCUT2D eigenvalue weighted by molar-refractivity contribution is 0.134. The monoisotopic (exact) mass is 444 g/mol. The number of hydrogen-bond donors (Lipinski definition) is 1. The average molecular weight is 445 g/mol. The van der Waals surface area contributed by atoms with Crippen molar-refractivity contribution in [3.63, 3.8) is 0 Å². The molecular weight excluding hydrogens is 408 g/mol. The lowest BCUT2D eigenvalue weighted by Crippen LogP contribution is -2.52. The van der Waals surface area contributed by atoms with Crippen LogP contribution in [0.1, 0.15) is 38.1 Å². The fourth-order valence-corrected chi connectivity index (χ4v) is 4.29. The second kappa shape index (κ2) is 13.3. The molecule has 0 saturated carbocycles. The van der Waals surface area contributed by atoms with Gasteiger partial charge in [0.15, 0.2) is 5.96 Å². The number of aryl methyl sites for hydroxylation is 1. The number of unbranched alkanes of at least 4 members (excludes halogenated alkanes) is 1. The van der Waals surface area contributed by atoms with Crippen molar-refractivity contribution in [1.82, 2.24) is 19.6 Å². The van der Waals surface area contributed by atoms with Crippen LogP contribution in [0.25, 0.3) is 0 Å². The topological polar surface area (TPSA) is 65.9 Å². The summed E-state index contributed by atoms with van der Waals surface area (Å²) in [5, 5.41) is 4.50. The van der Waals surface area contributed by atoms with Crippen LogP contribution in [-0.2, 0) is 17.6 Å². The number of aliphatic imine (C=N–C) groups is 1. The van der Waals surface area contributed by atoms with Crippen molar-refractivity contribution >= 4 is 22.6 Å². The van der Waals surface area contributed by atoms with Gasteiger partial charge >= 0.3 is 0 Å². The van der Waals surface area contributed by atoms with Gasteiger partial charge in [-0.05, 0) is 31.7 Å². The van der Waals surface area contributed by atoms with E-state index in [-0.39, 0.29) is 0 Å². The molecule has 0 bridgehead atoms. The SMILES string of the molecule is CCNC(=NCCCCOCCc1ccccc1)N1CCN(c2nc(CC)ns2)CC1. The first-order valence-electron chi connectivity index (χ1n) is 11.5. The van der Waals surface area contributed by atoms with Crippen LogP contribution in [0.5, 0.6) is 0 Å². The van der Waals surface area contributed by atoms with Crippen molar-refractivity contribution in [2.24, 2.45) is 4.99 Å². The average Bonchev–Trinajstić information content (AvgIpc) is 3.30. The van der Waals surface area contributed by atoms with Crippen LogP contribution in [0, 0.1) is 0 Å². The minimum atomic E-state index is 0.786. The van der Waals surface area contributed by atoms with Gasteiger partial charge in [0.2, 0.25) is 5.13 Å². The van der Waals surface area contributed by atoms with Gasteiger partial charge in [0, 0.05) is 63.8 Å². The zero-order valence-corrected chi connectivity index (χ0v) is 19.7. The van der Waals surface area contributed by atoms with Gasteiger partial charge in [-0.25, -0.2) is 4.98 Å². The van der Waals surface area contributed by atoms with Crippen LogP contribution in [0.15, 0.2) is 35.3 Å². The third-order valence-electron chi connectivity index (χ3n) is 5.29. The number of anilines is 1. The van der Waals surface area contributed by atoms with E-state index in [2.05, 4.69) is 62.6 Å². The number of benzene rings is 1. The van der Waals surface area contributed by atoms with Crippen LogP contribution in [0.4, 0.5) is 5.13 Å². The van der Waals surface area contributed by atoms with Gasteiger partial charge in [0.25, 0.3) is 0 Å². The summed E-state index contributed by atoms with van der Waals surface area (Å²) in [5.74, 6) is 1.97. The molecular formula is C23H36N6OS. The Balaban J connectivity index is 1.33. The van der Waals surface area contributed by atoms with E-state index in [4.69, 9.17) is 9.73 Å². The lowest BCUT2D eigenvalue weighted by Gasteiger charge is -2.36. The molecule has 0 aliphatic carbocycles. The molecule has 1 aromatic heterocycles. The van der Waals surface area contributed by atoms with Gasteiger partial charge in [-0.2, -0.15) is 4.37 Å². The Morgan fingerprint density at radius 3 is 2.61 bits per heavy atom. The van der Waals surface area contributed by atoms with E-state index in [0.717, 1.165) is 95.1 Å². The highest BCUT2D eigenvalue weighted by Crippen LogP contribution is 2.19. The standard InChI is InChI=1S/C23H36N6OS/c1-3-21-26-23(31-27-21)29-16-14-28(15-17-29)22(24-4-2)25-13-8-9-18-30-19-12-20-10-6-5-7-11-20/h5-7,10-11H,3-4,8-9,12-19H2,1-2H3,(H,24,25). The number of piperazine rings is 1. The Kier molecular flexibility index (Phi) is 10.0. The summed E-state index contributed by atoms with van der Waals surface area (Å²) in [6.07, 6.45) is 3.96. The molecule has 1 aromatic carbocycles.